The zero-order chi connectivity index (χ0) is 13.9. The van der Waals surface area contributed by atoms with Crippen LogP contribution in [0, 0.1) is 0 Å². The van der Waals surface area contributed by atoms with E-state index in [9.17, 15) is 0 Å². The quantitative estimate of drug-likeness (QED) is 0.623. The van der Waals surface area contributed by atoms with Gasteiger partial charge in [0, 0.05) is 19.6 Å². The van der Waals surface area contributed by atoms with Crippen molar-refractivity contribution in [2.45, 2.75) is 13.3 Å². The Hall–Kier alpha value is -1.40. The normalized spacial score (nSPS) is 10.7. The van der Waals surface area contributed by atoms with Crippen LogP contribution in [0.2, 0.25) is 0 Å². The molecule has 6 heteroatoms. The van der Waals surface area contributed by atoms with Crippen LogP contribution in [0.15, 0.2) is 12.4 Å². The van der Waals surface area contributed by atoms with Crippen molar-refractivity contribution in [3.63, 3.8) is 0 Å². The molecule has 1 heterocycles. The molecule has 0 aliphatic rings. The fraction of sp³-hybridized carbons (Fsp3) is 0.692. The predicted molar refractivity (Wildman–Crippen MR) is 78.7 cm³/mol. The van der Waals surface area contributed by atoms with Crippen molar-refractivity contribution < 1.29 is 4.74 Å². The largest absolute Gasteiger partial charge is 0.378 e. The average molecular weight is 267 g/mol. The molecule has 1 aromatic rings. The molecule has 0 fully saturated rings. The monoisotopic (exact) mass is 267 g/mol. The molecular formula is C13H25N5O. The van der Waals surface area contributed by atoms with E-state index in [2.05, 4.69) is 32.4 Å². The van der Waals surface area contributed by atoms with Crippen LogP contribution in [0.1, 0.15) is 13.3 Å². The summed E-state index contributed by atoms with van der Waals surface area (Å²) in [6, 6.07) is 0. The summed E-state index contributed by atoms with van der Waals surface area (Å²) in [5.41, 5.74) is 0. The van der Waals surface area contributed by atoms with Crippen LogP contribution < -0.4 is 10.6 Å². The predicted octanol–water partition coefficient (Wildman–Crippen LogP) is 1.29. The van der Waals surface area contributed by atoms with E-state index in [4.69, 9.17) is 4.74 Å². The Balaban J connectivity index is 2.18. The number of hydrogen-bond donors (Lipinski definition) is 2. The summed E-state index contributed by atoms with van der Waals surface area (Å²) in [7, 11) is 4.07. The van der Waals surface area contributed by atoms with E-state index in [1.807, 2.05) is 14.1 Å². The van der Waals surface area contributed by atoms with Crippen LogP contribution in [0.5, 0.6) is 0 Å². The standard InChI is InChI=1S/C13H25N5O/c1-4-5-15-12-10-14-11-13(17-12)16-6-8-19-9-7-18(2)3/h10-11H,4-9H2,1-3H3,(H2,15,16,17). The summed E-state index contributed by atoms with van der Waals surface area (Å²) in [4.78, 5) is 10.6. The Labute approximate surface area is 115 Å². The maximum atomic E-state index is 5.49. The van der Waals surface area contributed by atoms with Crippen molar-refractivity contribution in [3.05, 3.63) is 12.4 Å². The van der Waals surface area contributed by atoms with Crippen molar-refractivity contribution >= 4 is 11.6 Å². The molecular weight excluding hydrogens is 242 g/mol. The van der Waals surface area contributed by atoms with Crippen molar-refractivity contribution in [2.24, 2.45) is 0 Å². The number of anilines is 2. The lowest BCUT2D eigenvalue weighted by Gasteiger charge is -2.11. The van der Waals surface area contributed by atoms with Gasteiger partial charge in [-0.3, -0.25) is 4.98 Å². The maximum Gasteiger partial charge on any atom is 0.147 e. The van der Waals surface area contributed by atoms with Gasteiger partial charge < -0.3 is 20.3 Å². The number of nitrogens with one attached hydrogen (secondary N) is 2. The minimum absolute atomic E-state index is 0.669. The smallest absolute Gasteiger partial charge is 0.147 e. The topological polar surface area (TPSA) is 62.3 Å². The lowest BCUT2D eigenvalue weighted by Crippen LogP contribution is -2.20. The summed E-state index contributed by atoms with van der Waals surface area (Å²) in [5.74, 6) is 1.58. The molecule has 0 aliphatic heterocycles. The number of nitrogens with zero attached hydrogens (tertiary/aromatic N) is 3. The fourth-order valence-electron chi connectivity index (χ4n) is 1.39. The first-order valence-electron chi connectivity index (χ1n) is 6.74. The first kappa shape index (κ1) is 15.7. The summed E-state index contributed by atoms with van der Waals surface area (Å²) in [6.45, 7) is 6.12. The summed E-state index contributed by atoms with van der Waals surface area (Å²) in [6.07, 6.45) is 4.52. The molecule has 0 saturated heterocycles. The second-order valence-corrected chi connectivity index (χ2v) is 4.56. The van der Waals surface area contributed by atoms with Gasteiger partial charge in [0.05, 0.1) is 25.6 Å². The third-order valence-electron chi connectivity index (χ3n) is 2.43. The Kier molecular flexibility index (Phi) is 7.84. The highest BCUT2D eigenvalue weighted by atomic mass is 16.5. The lowest BCUT2D eigenvalue weighted by molar-refractivity contribution is 0.126. The second-order valence-electron chi connectivity index (χ2n) is 4.56. The second kappa shape index (κ2) is 9.52. The Bertz CT molecular complexity index is 346. The van der Waals surface area contributed by atoms with Crippen LogP contribution in [0.4, 0.5) is 11.6 Å². The SMILES string of the molecule is CCCNc1cncc(NCCOCCN(C)C)n1. The van der Waals surface area contributed by atoms with Gasteiger partial charge in [-0.1, -0.05) is 6.92 Å². The van der Waals surface area contributed by atoms with Crippen molar-refractivity contribution in [2.75, 3.05) is 57.6 Å². The van der Waals surface area contributed by atoms with Crippen LogP contribution >= 0.6 is 0 Å². The van der Waals surface area contributed by atoms with E-state index < -0.39 is 0 Å². The lowest BCUT2D eigenvalue weighted by atomic mass is 10.5. The zero-order valence-corrected chi connectivity index (χ0v) is 12.1. The first-order chi connectivity index (χ1) is 9.22. The number of hydrogen-bond acceptors (Lipinski definition) is 6. The van der Waals surface area contributed by atoms with E-state index in [1.165, 1.54) is 0 Å². The number of likely N-dealkylation sites (N-methyl/N-ethyl adjacent to an activating group) is 1. The minimum Gasteiger partial charge on any atom is -0.378 e. The zero-order valence-electron chi connectivity index (χ0n) is 12.1. The third kappa shape index (κ3) is 7.58. The summed E-state index contributed by atoms with van der Waals surface area (Å²) < 4.78 is 5.49. The van der Waals surface area contributed by atoms with Gasteiger partial charge in [-0.25, -0.2) is 4.98 Å². The molecule has 0 unspecified atom stereocenters. The molecule has 0 saturated carbocycles. The molecule has 2 N–H and O–H groups in total. The molecule has 1 aromatic heterocycles. The summed E-state index contributed by atoms with van der Waals surface area (Å²) in [5, 5.41) is 6.40. The number of rotatable bonds is 10. The Morgan fingerprint density at radius 1 is 1.11 bits per heavy atom. The number of ether oxygens (including phenoxy) is 1. The third-order valence-corrected chi connectivity index (χ3v) is 2.43. The van der Waals surface area contributed by atoms with E-state index in [1.54, 1.807) is 12.4 Å². The molecule has 0 bridgehead atoms. The molecule has 108 valence electrons. The first-order valence-corrected chi connectivity index (χ1v) is 6.74. The molecule has 19 heavy (non-hydrogen) atoms. The van der Waals surface area contributed by atoms with E-state index in [-0.39, 0.29) is 0 Å². The van der Waals surface area contributed by atoms with Gasteiger partial charge in [0.15, 0.2) is 0 Å². The van der Waals surface area contributed by atoms with Gasteiger partial charge in [0.2, 0.25) is 0 Å². The van der Waals surface area contributed by atoms with Gasteiger partial charge in [0.25, 0.3) is 0 Å². The van der Waals surface area contributed by atoms with Gasteiger partial charge in [0.1, 0.15) is 11.6 Å². The van der Waals surface area contributed by atoms with Gasteiger partial charge in [-0.2, -0.15) is 0 Å². The van der Waals surface area contributed by atoms with Crippen LogP contribution in [0.25, 0.3) is 0 Å². The summed E-state index contributed by atoms with van der Waals surface area (Å²) >= 11 is 0. The van der Waals surface area contributed by atoms with Crippen molar-refractivity contribution in [1.29, 1.82) is 0 Å². The van der Waals surface area contributed by atoms with Crippen molar-refractivity contribution in [1.82, 2.24) is 14.9 Å². The molecule has 0 amide bonds. The van der Waals surface area contributed by atoms with Gasteiger partial charge in [-0.05, 0) is 20.5 Å². The molecule has 0 spiro atoms. The molecule has 0 aromatic carbocycles. The maximum absolute atomic E-state index is 5.49. The van der Waals surface area contributed by atoms with Crippen LogP contribution in [-0.2, 0) is 4.74 Å². The Morgan fingerprint density at radius 3 is 2.42 bits per heavy atom. The average Bonchev–Trinajstić information content (AvgIpc) is 2.40. The molecule has 6 nitrogen and oxygen atoms in total. The highest BCUT2D eigenvalue weighted by Crippen LogP contribution is 2.05. The highest BCUT2D eigenvalue weighted by Gasteiger charge is 1.97. The molecule has 0 atom stereocenters. The van der Waals surface area contributed by atoms with Gasteiger partial charge in [-0.15, -0.1) is 0 Å². The van der Waals surface area contributed by atoms with E-state index >= 15 is 0 Å². The molecule has 0 aliphatic carbocycles. The highest BCUT2D eigenvalue weighted by molar-refractivity contribution is 5.41. The van der Waals surface area contributed by atoms with Crippen LogP contribution in [0.3, 0.4) is 0 Å². The van der Waals surface area contributed by atoms with Gasteiger partial charge >= 0.3 is 0 Å². The minimum atomic E-state index is 0.669. The van der Waals surface area contributed by atoms with E-state index in [0.29, 0.717) is 6.61 Å². The Morgan fingerprint density at radius 2 is 1.79 bits per heavy atom. The fourth-order valence-corrected chi connectivity index (χ4v) is 1.39. The van der Waals surface area contributed by atoms with Crippen molar-refractivity contribution in [3.8, 4) is 0 Å². The molecule has 1 rings (SSSR count). The molecule has 0 radical (unpaired) electrons. The number of aromatic nitrogens is 2. The van der Waals surface area contributed by atoms with E-state index in [0.717, 1.165) is 44.3 Å². The van der Waals surface area contributed by atoms with Crippen LogP contribution in [-0.4, -0.2) is 61.8 Å².